The molecular weight excluding hydrogens is 465 g/mol. The molecule has 0 amide bonds. The van der Waals surface area contributed by atoms with Crippen molar-refractivity contribution in [2.75, 3.05) is 31.5 Å². The average Bonchev–Trinajstić information content (AvgIpc) is 2.81. The van der Waals surface area contributed by atoms with Crippen LogP contribution in [0, 0.1) is 5.92 Å². The monoisotopic (exact) mass is 492 g/mol. The van der Waals surface area contributed by atoms with Gasteiger partial charge in [0.15, 0.2) is 11.5 Å². The molecule has 188 valence electrons. The third-order valence-corrected chi connectivity index (χ3v) is 5.06. The minimum Gasteiger partial charge on any atom is -0.493 e. The number of alkyl halides is 3. The lowest BCUT2D eigenvalue weighted by molar-refractivity contribution is -0.274. The molecule has 11 heteroatoms. The van der Waals surface area contributed by atoms with Crippen LogP contribution in [0.15, 0.2) is 48.5 Å². The second kappa shape index (κ2) is 11.1. The molecule has 0 aliphatic rings. The number of aromatic nitrogens is 2. The molecule has 3 aromatic rings. The normalized spacial score (nSPS) is 12.3. The van der Waals surface area contributed by atoms with Gasteiger partial charge in [0, 0.05) is 23.4 Å². The van der Waals surface area contributed by atoms with Crippen LogP contribution in [0.5, 0.6) is 17.2 Å². The molecular formula is C24H27F3N4O4. The summed E-state index contributed by atoms with van der Waals surface area (Å²) in [5.74, 6) is 1.31. The summed E-state index contributed by atoms with van der Waals surface area (Å²) in [5.41, 5.74) is 1.37. The lowest BCUT2D eigenvalue weighted by atomic mass is 10.1. The van der Waals surface area contributed by atoms with Crippen molar-refractivity contribution in [2.45, 2.75) is 26.3 Å². The Morgan fingerprint density at radius 1 is 0.971 bits per heavy atom. The largest absolute Gasteiger partial charge is 0.573 e. The maximum atomic E-state index is 12.7. The van der Waals surface area contributed by atoms with Gasteiger partial charge < -0.3 is 30.0 Å². The Hall–Kier alpha value is -3.73. The molecule has 8 nitrogen and oxygen atoms in total. The smallest absolute Gasteiger partial charge is 0.493 e. The fourth-order valence-electron chi connectivity index (χ4n) is 3.23. The standard InChI is InChI=1S/C24H27F3N4O4/c1-14(2)19(13-32)30-23-29-18(15-6-5-7-17(10-15)35-24(25,26)27)12-22(31-23)28-16-8-9-20(33-3)21(11-16)34-4/h5-12,14,19,32H,13H2,1-4H3,(H2,28,29,30,31)/t19-/m1/s1. The summed E-state index contributed by atoms with van der Waals surface area (Å²) < 4.78 is 52.8. The first-order chi connectivity index (χ1) is 16.6. The van der Waals surface area contributed by atoms with Crippen LogP contribution in [0.1, 0.15) is 13.8 Å². The molecule has 0 bridgehead atoms. The van der Waals surface area contributed by atoms with Crippen molar-refractivity contribution in [1.29, 1.82) is 0 Å². The first kappa shape index (κ1) is 25.9. The van der Waals surface area contributed by atoms with E-state index < -0.39 is 6.36 Å². The fourth-order valence-corrected chi connectivity index (χ4v) is 3.23. The Labute approximate surface area is 201 Å². The van der Waals surface area contributed by atoms with Crippen molar-refractivity contribution in [2.24, 2.45) is 5.92 Å². The molecule has 0 radical (unpaired) electrons. The van der Waals surface area contributed by atoms with Crippen LogP contribution < -0.4 is 24.8 Å². The Kier molecular flexibility index (Phi) is 8.23. The third kappa shape index (κ3) is 7.12. The lowest BCUT2D eigenvalue weighted by Gasteiger charge is -2.21. The summed E-state index contributed by atoms with van der Waals surface area (Å²) in [6, 6.07) is 12.0. The predicted molar refractivity (Wildman–Crippen MR) is 126 cm³/mol. The zero-order valence-corrected chi connectivity index (χ0v) is 19.7. The molecule has 0 spiro atoms. The molecule has 0 aliphatic heterocycles. The van der Waals surface area contributed by atoms with E-state index in [4.69, 9.17) is 9.47 Å². The summed E-state index contributed by atoms with van der Waals surface area (Å²) in [6.45, 7) is 3.70. The minimum atomic E-state index is -4.82. The van der Waals surface area contributed by atoms with E-state index in [0.717, 1.165) is 0 Å². The maximum Gasteiger partial charge on any atom is 0.573 e. The molecule has 2 aromatic carbocycles. The summed E-state index contributed by atoms with van der Waals surface area (Å²) >= 11 is 0. The van der Waals surface area contributed by atoms with Crippen molar-refractivity contribution < 1.29 is 32.5 Å². The van der Waals surface area contributed by atoms with Crippen LogP contribution in [-0.4, -0.2) is 48.3 Å². The number of hydrogen-bond acceptors (Lipinski definition) is 8. The van der Waals surface area contributed by atoms with Crippen molar-refractivity contribution in [3.8, 4) is 28.5 Å². The van der Waals surface area contributed by atoms with Crippen LogP contribution in [-0.2, 0) is 0 Å². The highest BCUT2D eigenvalue weighted by Crippen LogP contribution is 2.33. The quantitative estimate of drug-likeness (QED) is 0.354. The Morgan fingerprint density at radius 2 is 1.71 bits per heavy atom. The molecule has 1 atom stereocenters. The highest BCUT2D eigenvalue weighted by atomic mass is 19.4. The molecule has 0 saturated carbocycles. The molecule has 0 saturated heterocycles. The first-order valence-electron chi connectivity index (χ1n) is 10.7. The molecule has 3 N–H and O–H groups in total. The fraction of sp³-hybridized carbons (Fsp3) is 0.333. The van der Waals surface area contributed by atoms with E-state index in [0.29, 0.717) is 34.3 Å². The topological polar surface area (TPSA) is 97.8 Å². The number of halogens is 3. The number of anilines is 3. The van der Waals surface area contributed by atoms with Gasteiger partial charge in [0.2, 0.25) is 5.95 Å². The molecule has 1 aromatic heterocycles. The highest BCUT2D eigenvalue weighted by molar-refractivity contribution is 5.69. The van der Waals surface area contributed by atoms with Gasteiger partial charge in [0.05, 0.1) is 32.6 Å². The summed E-state index contributed by atoms with van der Waals surface area (Å²) in [6.07, 6.45) is -4.82. The van der Waals surface area contributed by atoms with Gasteiger partial charge >= 0.3 is 6.36 Å². The number of aliphatic hydroxyl groups is 1. The summed E-state index contributed by atoms with van der Waals surface area (Å²) in [5, 5.41) is 16.0. The molecule has 0 unspecified atom stereocenters. The number of nitrogens with zero attached hydrogens (tertiary/aromatic N) is 2. The molecule has 0 aliphatic carbocycles. The van der Waals surface area contributed by atoms with Crippen molar-refractivity contribution in [3.05, 3.63) is 48.5 Å². The van der Waals surface area contributed by atoms with E-state index in [2.05, 4.69) is 25.3 Å². The number of benzene rings is 2. The van der Waals surface area contributed by atoms with Gasteiger partial charge in [-0.1, -0.05) is 26.0 Å². The number of aliphatic hydroxyl groups excluding tert-OH is 1. The second-order valence-corrected chi connectivity index (χ2v) is 7.91. The Bertz CT molecular complexity index is 1140. The van der Waals surface area contributed by atoms with Gasteiger partial charge in [0.1, 0.15) is 11.6 Å². The molecule has 0 fully saturated rings. The minimum absolute atomic E-state index is 0.0676. The molecule has 3 rings (SSSR count). The van der Waals surface area contributed by atoms with Crippen LogP contribution in [0.2, 0.25) is 0 Å². The van der Waals surface area contributed by atoms with E-state index in [1.54, 1.807) is 30.3 Å². The Balaban J connectivity index is 2.02. The van der Waals surface area contributed by atoms with Gasteiger partial charge in [-0.25, -0.2) is 4.98 Å². The molecule has 35 heavy (non-hydrogen) atoms. The molecule has 1 heterocycles. The number of hydrogen-bond donors (Lipinski definition) is 3. The van der Waals surface area contributed by atoms with Crippen LogP contribution in [0.4, 0.5) is 30.6 Å². The van der Waals surface area contributed by atoms with E-state index in [9.17, 15) is 18.3 Å². The number of rotatable bonds is 10. The van der Waals surface area contributed by atoms with E-state index in [-0.39, 0.29) is 30.3 Å². The number of nitrogens with one attached hydrogen (secondary N) is 2. The van der Waals surface area contributed by atoms with E-state index in [1.807, 2.05) is 13.8 Å². The van der Waals surface area contributed by atoms with Crippen molar-refractivity contribution in [3.63, 3.8) is 0 Å². The van der Waals surface area contributed by atoms with Gasteiger partial charge in [-0.15, -0.1) is 13.2 Å². The summed E-state index contributed by atoms with van der Waals surface area (Å²) in [4.78, 5) is 8.94. The average molecular weight is 492 g/mol. The number of ether oxygens (including phenoxy) is 3. The SMILES string of the molecule is COc1ccc(Nc2cc(-c3cccc(OC(F)(F)F)c3)nc(N[C@H](CO)C(C)C)n2)cc1OC. The van der Waals surface area contributed by atoms with Crippen molar-refractivity contribution in [1.82, 2.24) is 9.97 Å². The Morgan fingerprint density at radius 3 is 2.34 bits per heavy atom. The van der Waals surface area contributed by atoms with E-state index in [1.165, 1.54) is 32.4 Å². The van der Waals surface area contributed by atoms with Crippen LogP contribution in [0.25, 0.3) is 11.3 Å². The van der Waals surface area contributed by atoms with Gasteiger partial charge in [-0.05, 0) is 30.2 Å². The summed E-state index contributed by atoms with van der Waals surface area (Å²) in [7, 11) is 3.05. The zero-order valence-electron chi connectivity index (χ0n) is 19.7. The maximum absolute atomic E-state index is 12.7. The first-order valence-corrected chi connectivity index (χ1v) is 10.7. The van der Waals surface area contributed by atoms with Crippen molar-refractivity contribution >= 4 is 17.5 Å². The van der Waals surface area contributed by atoms with E-state index >= 15 is 0 Å². The number of methoxy groups -OCH3 is 2. The third-order valence-electron chi connectivity index (χ3n) is 5.06. The second-order valence-electron chi connectivity index (χ2n) is 7.91. The van der Waals surface area contributed by atoms with Gasteiger partial charge in [0.25, 0.3) is 0 Å². The van der Waals surface area contributed by atoms with Crippen LogP contribution in [0.3, 0.4) is 0 Å². The highest BCUT2D eigenvalue weighted by Gasteiger charge is 2.31. The van der Waals surface area contributed by atoms with Crippen LogP contribution >= 0.6 is 0 Å². The lowest BCUT2D eigenvalue weighted by Crippen LogP contribution is -2.30. The predicted octanol–water partition coefficient (Wildman–Crippen LogP) is 5.23. The zero-order chi connectivity index (χ0) is 25.6. The van der Waals surface area contributed by atoms with Gasteiger partial charge in [-0.2, -0.15) is 4.98 Å². The van der Waals surface area contributed by atoms with Gasteiger partial charge in [-0.3, -0.25) is 0 Å².